The molecule has 140 valence electrons. The van der Waals surface area contributed by atoms with Gasteiger partial charge in [0.1, 0.15) is 5.41 Å². The van der Waals surface area contributed by atoms with Crippen molar-refractivity contribution in [2.24, 2.45) is 0 Å². The number of hydrogen-bond acceptors (Lipinski definition) is 2. The van der Waals surface area contributed by atoms with Crippen molar-refractivity contribution in [3.8, 4) is 0 Å². The second-order valence-corrected chi connectivity index (χ2v) is 7.82. The van der Waals surface area contributed by atoms with E-state index < -0.39 is 22.8 Å². The Morgan fingerprint density at radius 2 is 1.78 bits per heavy atom. The lowest BCUT2D eigenvalue weighted by molar-refractivity contribution is -0.137. The van der Waals surface area contributed by atoms with E-state index in [4.69, 9.17) is 0 Å². The predicted octanol–water partition coefficient (Wildman–Crippen LogP) is 4.86. The summed E-state index contributed by atoms with van der Waals surface area (Å²) in [5.41, 5.74) is 0.0456. The van der Waals surface area contributed by atoms with Crippen molar-refractivity contribution in [2.75, 3.05) is 0 Å². The molecule has 0 heterocycles. The fourth-order valence-electron chi connectivity index (χ4n) is 4.81. The van der Waals surface area contributed by atoms with Gasteiger partial charge in [-0.3, -0.25) is 4.79 Å². The first-order valence-electron chi connectivity index (χ1n) is 8.76. The topological polar surface area (TPSA) is 37.3 Å². The van der Waals surface area contributed by atoms with Crippen LogP contribution in [0.1, 0.15) is 52.0 Å². The van der Waals surface area contributed by atoms with E-state index in [1.54, 1.807) is 26.0 Å². The number of aryl methyl sites for hydroxylation is 1. The molecular weight excluding hydrogens is 353 g/mol. The SMILES string of the molecule is CC1=Cc2cc(C(F)(F)F)ccc2C12C(=O)c1ccc(C)cc1CC2(C)O. The highest BCUT2D eigenvalue weighted by atomic mass is 19.4. The van der Waals surface area contributed by atoms with E-state index in [1.807, 2.05) is 19.1 Å². The first kappa shape index (κ1) is 18.0. The summed E-state index contributed by atoms with van der Waals surface area (Å²) in [7, 11) is 0. The van der Waals surface area contributed by atoms with E-state index in [-0.39, 0.29) is 12.2 Å². The van der Waals surface area contributed by atoms with Crippen LogP contribution in [0.3, 0.4) is 0 Å². The Bertz CT molecular complexity index is 1010. The third-order valence-electron chi connectivity index (χ3n) is 5.93. The van der Waals surface area contributed by atoms with Crippen molar-refractivity contribution >= 4 is 11.9 Å². The van der Waals surface area contributed by atoms with Crippen molar-refractivity contribution in [2.45, 2.75) is 44.4 Å². The number of fused-ring (bicyclic) bond motifs is 3. The highest BCUT2D eigenvalue weighted by Crippen LogP contribution is 2.55. The Labute approximate surface area is 155 Å². The van der Waals surface area contributed by atoms with Crippen LogP contribution < -0.4 is 0 Å². The van der Waals surface area contributed by atoms with Crippen molar-refractivity contribution in [3.63, 3.8) is 0 Å². The molecule has 2 nitrogen and oxygen atoms in total. The van der Waals surface area contributed by atoms with Gasteiger partial charge in [-0.15, -0.1) is 0 Å². The molecule has 5 heteroatoms. The standard InChI is InChI=1S/C22H19F3O2/c1-12-4-6-17-15(8-12)11-20(3,27)21(19(17)26)13(2)9-14-10-16(22(23,24)25)5-7-18(14)21/h4-10,27H,11H2,1-3H3. The van der Waals surface area contributed by atoms with Crippen LogP contribution in [0.25, 0.3) is 6.08 Å². The number of hydrogen-bond donors (Lipinski definition) is 1. The van der Waals surface area contributed by atoms with E-state index in [1.165, 1.54) is 6.07 Å². The highest BCUT2D eigenvalue weighted by Gasteiger charge is 2.60. The molecule has 2 aromatic carbocycles. The zero-order valence-electron chi connectivity index (χ0n) is 15.2. The molecule has 2 aromatic rings. The van der Waals surface area contributed by atoms with Crippen LogP contribution in [0, 0.1) is 6.92 Å². The number of rotatable bonds is 0. The maximum absolute atomic E-state index is 13.6. The summed E-state index contributed by atoms with van der Waals surface area (Å²) in [6, 6.07) is 8.86. The first-order valence-corrected chi connectivity index (χ1v) is 8.76. The lowest BCUT2D eigenvalue weighted by Gasteiger charge is -2.47. The molecule has 2 aliphatic rings. The van der Waals surface area contributed by atoms with E-state index in [0.29, 0.717) is 22.3 Å². The van der Waals surface area contributed by atoms with E-state index in [2.05, 4.69) is 0 Å². The number of alkyl halides is 3. The van der Waals surface area contributed by atoms with Crippen LogP contribution in [-0.4, -0.2) is 16.5 Å². The Hall–Kier alpha value is -2.40. The third kappa shape index (κ3) is 2.27. The average molecular weight is 372 g/mol. The van der Waals surface area contributed by atoms with Gasteiger partial charge in [-0.05, 0) is 49.6 Å². The largest absolute Gasteiger partial charge is 0.416 e. The monoisotopic (exact) mass is 372 g/mol. The van der Waals surface area contributed by atoms with Crippen molar-refractivity contribution in [3.05, 3.63) is 75.4 Å². The van der Waals surface area contributed by atoms with Crippen molar-refractivity contribution < 1.29 is 23.1 Å². The number of halogens is 3. The Morgan fingerprint density at radius 3 is 2.44 bits per heavy atom. The van der Waals surface area contributed by atoms with Gasteiger partial charge in [0.25, 0.3) is 0 Å². The maximum atomic E-state index is 13.6. The fraction of sp³-hybridized carbons (Fsp3) is 0.318. The lowest BCUT2D eigenvalue weighted by atomic mass is 9.56. The molecule has 0 fully saturated rings. The van der Waals surface area contributed by atoms with Gasteiger partial charge in [0.05, 0.1) is 11.2 Å². The molecule has 0 aliphatic heterocycles. The zero-order chi connectivity index (χ0) is 19.8. The number of carbonyl (C=O) groups excluding carboxylic acids is 1. The van der Waals surface area contributed by atoms with E-state index in [9.17, 15) is 23.1 Å². The van der Waals surface area contributed by atoms with E-state index >= 15 is 0 Å². The van der Waals surface area contributed by atoms with Crippen LogP contribution in [-0.2, 0) is 18.0 Å². The molecule has 0 aromatic heterocycles. The van der Waals surface area contributed by atoms with Gasteiger partial charge in [-0.1, -0.05) is 41.5 Å². The third-order valence-corrected chi connectivity index (χ3v) is 5.93. The number of carbonyl (C=O) groups is 1. The lowest BCUT2D eigenvalue weighted by Crippen LogP contribution is -2.59. The molecule has 27 heavy (non-hydrogen) atoms. The Balaban J connectivity index is 1.98. The summed E-state index contributed by atoms with van der Waals surface area (Å²) < 4.78 is 39.3. The maximum Gasteiger partial charge on any atom is 0.416 e. The van der Waals surface area contributed by atoms with Crippen LogP contribution in [0.2, 0.25) is 0 Å². The molecule has 4 rings (SSSR count). The van der Waals surface area contributed by atoms with Gasteiger partial charge in [-0.25, -0.2) is 0 Å². The quantitative estimate of drug-likeness (QED) is 0.717. The summed E-state index contributed by atoms with van der Waals surface area (Å²) >= 11 is 0. The Morgan fingerprint density at radius 1 is 1.07 bits per heavy atom. The van der Waals surface area contributed by atoms with Crippen LogP contribution >= 0.6 is 0 Å². The molecule has 2 atom stereocenters. The molecule has 2 aliphatic carbocycles. The normalized spacial score (nSPS) is 26.8. The van der Waals surface area contributed by atoms with Crippen LogP contribution in [0.15, 0.2) is 42.0 Å². The number of benzene rings is 2. The second-order valence-electron chi connectivity index (χ2n) is 7.82. The zero-order valence-corrected chi connectivity index (χ0v) is 15.2. The minimum atomic E-state index is -4.46. The van der Waals surface area contributed by atoms with Gasteiger partial charge in [0.15, 0.2) is 5.78 Å². The van der Waals surface area contributed by atoms with Crippen LogP contribution in [0.4, 0.5) is 13.2 Å². The van der Waals surface area contributed by atoms with Gasteiger partial charge in [0, 0.05) is 12.0 Å². The smallest absolute Gasteiger partial charge is 0.388 e. The summed E-state index contributed by atoms with van der Waals surface area (Å²) in [6.07, 6.45) is -2.62. The number of aliphatic hydroxyl groups is 1. The number of ketones is 1. The van der Waals surface area contributed by atoms with Crippen molar-refractivity contribution in [1.82, 2.24) is 0 Å². The van der Waals surface area contributed by atoms with Gasteiger partial charge >= 0.3 is 6.18 Å². The van der Waals surface area contributed by atoms with E-state index in [0.717, 1.165) is 23.3 Å². The molecule has 0 amide bonds. The summed E-state index contributed by atoms with van der Waals surface area (Å²) in [4.78, 5) is 13.6. The predicted molar refractivity (Wildman–Crippen MR) is 96.6 cm³/mol. The molecule has 1 N–H and O–H groups in total. The highest BCUT2D eigenvalue weighted by molar-refractivity contribution is 6.12. The molecule has 0 radical (unpaired) electrons. The number of Topliss-reactive ketones (excluding diaryl/α,β-unsaturated/α-hetero) is 1. The average Bonchev–Trinajstić information content (AvgIpc) is 2.84. The molecular formula is C22H19F3O2. The molecule has 0 saturated heterocycles. The molecule has 1 spiro atoms. The molecule has 0 saturated carbocycles. The summed E-state index contributed by atoms with van der Waals surface area (Å²) in [5, 5.41) is 11.4. The molecule has 0 bridgehead atoms. The fourth-order valence-corrected chi connectivity index (χ4v) is 4.81. The van der Waals surface area contributed by atoms with Gasteiger partial charge in [0.2, 0.25) is 0 Å². The van der Waals surface area contributed by atoms with Gasteiger partial charge in [-0.2, -0.15) is 13.2 Å². The minimum Gasteiger partial charge on any atom is -0.388 e. The van der Waals surface area contributed by atoms with Crippen LogP contribution in [0.5, 0.6) is 0 Å². The minimum absolute atomic E-state index is 0.251. The Kier molecular flexibility index (Phi) is 3.54. The second kappa shape index (κ2) is 5.32. The summed E-state index contributed by atoms with van der Waals surface area (Å²) in [6.45, 7) is 5.22. The molecule has 2 unspecified atom stereocenters. The van der Waals surface area contributed by atoms with Crippen molar-refractivity contribution in [1.29, 1.82) is 0 Å². The first-order chi connectivity index (χ1) is 12.5. The van der Waals surface area contributed by atoms with Gasteiger partial charge < -0.3 is 5.11 Å². The summed E-state index contributed by atoms with van der Waals surface area (Å²) in [5.74, 6) is -0.263.